The molecule has 2 aromatic rings. The van der Waals surface area contributed by atoms with Crippen LogP contribution < -0.4 is 5.32 Å². The number of halogens is 2. The van der Waals surface area contributed by atoms with Crippen molar-refractivity contribution < 1.29 is 4.39 Å². The van der Waals surface area contributed by atoms with Crippen molar-refractivity contribution in [1.29, 1.82) is 0 Å². The third-order valence-corrected chi connectivity index (χ3v) is 4.54. The fraction of sp³-hybridized carbons (Fsp3) is 0.250. The van der Waals surface area contributed by atoms with Gasteiger partial charge in [-0.3, -0.25) is 0 Å². The van der Waals surface area contributed by atoms with E-state index in [2.05, 4.69) is 33.4 Å². The highest BCUT2D eigenvalue weighted by Gasteiger charge is 2.15. The van der Waals surface area contributed by atoms with Crippen LogP contribution in [0.25, 0.3) is 0 Å². The molecule has 2 rings (SSSR count). The number of thioether (sulfide) groups is 1. The zero-order valence-corrected chi connectivity index (χ0v) is 13.7. The number of nitrogens with one attached hydrogen (secondary N) is 1. The monoisotopic (exact) mass is 353 g/mol. The minimum Gasteiger partial charge on any atom is -0.309 e. The van der Waals surface area contributed by atoms with E-state index in [0.29, 0.717) is 5.56 Å². The highest BCUT2D eigenvalue weighted by Crippen LogP contribution is 2.27. The van der Waals surface area contributed by atoms with Gasteiger partial charge in [0.2, 0.25) is 0 Å². The molecular weight excluding hydrogens is 337 g/mol. The summed E-state index contributed by atoms with van der Waals surface area (Å²) in [6, 6.07) is 15.3. The molecule has 1 unspecified atom stereocenters. The van der Waals surface area contributed by atoms with Crippen molar-refractivity contribution in [3.05, 3.63) is 64.4 Å². The van der Waals surface area contributed by atoms with E-state index >= 15 is 0 Å². The van der Waals surface area contributed by atoms with Crippen molar-refractivity contribution in [1.82, 2.24) is 5.32 Å². The smallest absolute Gasteiger partial charge is 0.128 e. The highest BCUT2D eigenvalue weighted by molar-refractivity contribution is 9.10. The van der Waals surface area contributed by atoms with E-state index in [0.717, 1.165) is 16.8 Å². The van der Waals surface area contributed by atoms with Crippen LogP contribution in [0.4, 0.5) is 4.39 Å². The van der Waals surface area contributed by atoms with E-state index in [-0.39, 0.29) is 11.9 Å². The van der Waals surface area contributed by atoms with E-state index in [1.54, 1.807) is 17.8 Å². The fourth-order valence-corrected chi connectivity index (χ4v) is 3.37. The molecule has 0 aliphatic heterocycles. The van der Waals surface area contributed by atoms with Gasteiger partial charge in [0.1, 0.15) is 5.82 Å². The van der Waals surface area contributed by atoms with E-state index < -0.39 is 0 Å². The van der Waals surface area contributed by atoms with Crippen LogP contribution in [0.2, 0.25) is 0 Å². The summed E-state index contributed by atoms with van der Waals surface area (Å²) in [5, 5.41) is 3.36. The molecule has 0 amide bonds. The van der Waals surface area contributed by atoms with Gasteiger partial charge < -0.3 is 5.32 Å². The van der Waals surface area contributed by atoms with Crippen LogP contribution in [-0.4, -0.2) is 12.3 Å². The summed E-state index contributed by atoms with van der Waals surface area (Å²) in [6.45, 7) is 2.85. The predicted molar refractivity (Wildman–Crippen MR) is 87.7 cm³/mol. The Morgan fingerprint density at radius 1 is 1.20 bits per heavy atom. The molecule has 106 valence electrons. The van der Waals surface area contributed by atoms with Crippen molar-refractivity contribution in [3.8, 4) is 0 Å². The van der Waals surface area contributed by atoms with Gasteiger partial charge in [-0.25, -0.2) is 4.39 Å². The summed E-state index contributed by atoms with van der Waals surface area (Å²) >= 11 is 5.14. The number of hydrogen-bond acceptors (Lipinski definition) is 2. The van der Waals surface area contributed by atoms with Crippen LogP contribution in [0.1, 0.15) is 18.5 Å². The summed E-state index contributed by atoms with van der Waals surface area (Å²) in [7, 11) is 0. The van der Waals surface area contributed by atoms with Crippen LogP contribution >= 0.6 is 27.7 Å². The minimum atomic E-state index is -0.159. The average molecular weight is 354 g/mol. The first-order valence-corrected chi connectivity index (χ1v) is 8.34. The van der Waals surface area contributed by atoms with Gasteiger partial charge in [-0.15, -0.1) is 11.8 Å². The molecule has 0 heterocycles. The summed E-state index contributed by atoms with van der Waals surface area (Å²) in [4.78, 5) is 1.20. The van der Waals surface area contributed by atoms with Crippen molar-refractivity contribution >= 4 is 27.7 Å². The summed E-state index contributed by atoms with van der Waals surface area (Å²) in [5.41, 5.74) is 0.713. The molecule has 0 radical (unpaired) electrons. The average Bonchev–Trinajstić information content (AvgIpc) is 2.47. The first kappa shape index (κ1) is 15.5. The van der Waals surface area contributed by atoms with Gasteiger partial charge in [0.05, 0.1) is 0 Å². The number of hydrogen-bond donors (Lipinski definition) is 1. The minimum absolute atomic E-state index is 0.00251. The van der Waals surface area contributed by atoms with E-state index in [9.17, 15) is 4.39 Å². The third kappa shape index (κ3) is 4.33. The molecule has 0 bridgehead atoms. The van der Waals surface area contributed by atoms with Crippen molar-refractivity contribution in [3.63, 3.8) is 0 Å². The highest BCUT2D eigenvalue weighted by atomic mass is 79.9. The maximum atomic E-state index is 14.0. The quantitative estimate of drug-likeness (QED) is 0.730. The maximum Gasteiger partial charge on any atom is 0.128 e. The standard InChI is InChI=1S/C16H17BrFNS/c1-2-19-16(11-20-13-6-4-3-5-7-13)14-10-12(17)8-9-15(14)18/h3-10,16,19H,2,11H2,1H3. The van der Waals surface area contributed by atoms with Gasteiger partial charge >= 0.3 is 0 Å². The largest absolute Gasteiger partial charge is 0.309 e. The second kappa shape index (κ2) is 7.81. The molecule has 1 atom stereocenters. The van der Waals surface area contributed by atoms with Crippen LogP contribution in [0, 0.1) is 5.82 Å². The van der Waals surface area contributed by atoms with E-state index in [4.69, 9.17) is 0 Å². The Hall–Kier alpha value is -0.840. The first-order valence-electron chi connectivity index (χ1n) is 6.57. The molecule has 0 spiro atoms. The van der Waals surface area contributed by atoms with Gasteiger partial charge in [-0.1, -0.05) is 41.1 Å². The molecule has 1 N–H and O–H groups in total. The molecule has 0 saturated carbocycles. The van der Waals surface area contributed by atoms with Crippen LogP contribution in [-0.2, 0) is 0 Å². The van der Waals surface area contributed by atoms with Gasteiger partial charge in [-0.2, -0.15) is 0 Å². The molecule has 0 aliphatic rings. The van der Waals surface area contributed by atoms with E-state index in [1.807, 2.05) is 31.2 Å². The Morgan fingerprint density at radius 3 is 2.65 bits per heavy atom. The Labute approximate surface area is 132 Å². The SMILES string of the molecule is CCNC(CSc1ccccc1)c1cc(Br)ccc1F. The molecule has 0 saturated heterocycles. The Kier molecular flexibility index (Phi) is 6.07. The summed E-state index contributed by atoms with van der Waals surface area (Å²) in [6.07, 6.45) is 0. The number of benzene rings is 2. The Bertz CT molecular complexity index is 547. The molecule has 0 aromatic heterocycles. The molecular formula is C16H17BrFNS. The third-order valence-electron chi connectivity index (χ3n) is 2.94. The van der Waals surface area contributed by atoms with E-state index in [1.165, 1.54) is 11.0 Å². The Morgan fingerprint density at radius 2 is 1.95 bits per heavy atom. The zero-order valence-electron chi connectivity index (χ0n) is 11.3. The fourth-order valence-electron chi connectivity index (χ4n) is 1.98. The normalized spacial score (nSPS) is 12.3. The lowest BCUT2D eigenvalue weighted by Crippen LogP contribution is -2.24. The predicted octanol–water partition coefficient (Wildman–Crippen LogP) is 5.03. The summed E-state index contributed by atoms with van der Waals surface area (Å²) < 4.78 is 14.9. The summed E-state index contributed by atoms with van der Waals surface area (Å²) in [5.74, 6) is 0.637. The topological polar surface area (TPSA) is 12.0 Å². The van der Waals surface area contributed by atoms with Crippen molar-refractivity contribution in [2.24, 2.45) is 0 Å². The van der Waals surface area contributed by atoms with Gasteiger partial charge in [0.25, 0.3) is 0 Å². The zero-order chi connectivity index (χ0) is 14.4. The maximum absolute atomic E-state index is 14.0. The second-order valence-corrected chi connectivity index (χ2v) is 6.41. The van der Waals surface area contributed by atoms with Crippen molar-refractivity contribution in [2.45, 2.75) is 17.9 Å². The molecule has 2 aromatic carbocycles. The Balaban J connectivity index is 2.12. The number of rotatable bonds is 6. The lowest BCUT2D eigenvalue weighted by atomic mass is 10.1. The van der Waals surface area contributed by atoms with Crippen LogP contribution in [0.15, 0.2) is 57.9 Å². The van der Waals surface area contributed by atoms with Gasteiger partial charge in [0.15, 0.2) is 0 Å². The van der Waals surface area contributed by atoms with Crippen molar-refractivity contribution in [2.75, 3.05) is 12.3 Å². The molecule has 1 nitrogen and oxygen atoms in total. The molecule has 0 fully saturated rings. The second-order valence-electron chi connectivity index (χ2n) is 4.40. The molecule has 4 heteroatoms. The first-order chi connectivity index (χ1) is 9.70. The van der Waals surface area contributed by atoms with Gasteiger partial charge in [-0.05, 0) is 36.9 Å². The molecule has 20 heavy (non-hydrogen) atoms. The van der Waals surface area contributed by atoms with Crippen LogP contribution in [0.5, 0.6) is 0 Å². The lowest BCUT2D eigenvalue weighted by molar-refractivity contribution is 0.545. The van der Waals surface area contributed by atoms with Crippen LogP contribution in [0.3, 0.4) is 0 Å². The van der Waals surface area contributed by atoms with Gasteiger partial charge in [0, 0.05) is 26.7 Å². The lowest BCUT2D eigenvalue weighted by Gasteiger charge is -2.19. The molecule has 0 aliphatic carbocycles.